The lowest BCUT2D eigenvalue weighted by atomic mass is 10.2. The lowest BCUT2D eigenvalue weighted by molar-refractivity contribution is -0.122. The maximum absolute atomic E-state index is 12.6. The van der Waals surface area contributed by atoms with Gasteiger partial charge in [-0.15, -0.1) is 0 Å². The molecular weight excluding hydrogens is 404 g/mol. The second-order valence-electron chi connectivity index (χ2n) is 5.73. The van der Waals surface area contributed by atoms with Gasteiger partial charge in [-0.25, -0.2) is 0 Å². The molecule has 0 saturated carbocycles. The first-order valence-electron chi connectivity index (χ1n) is 8.02. The minimum Gasteiger partial charge on any atom is -0.508 e. The van der Waals surface area contributed by atoms with Gasteiger partial charge in [-0.05, 0) is 48.0 Å². The van der Waals surface area contributed by atoms with Gasteiger partial charge in [0.1, 0.15) is 10.1 Å². The molecule has 0 aromatic heterocycles. The summed E-state index contributed by atoms with van der Waals surface area (Å²) in [4.78, 5) is 26.6. The third kappa shape index (κ3) is 5.09. The first-order chi connectivity index (χ1) is 12.9. The summed E-state index contributed by atoms with van der Waals surface area (Å²) in [6, 6.07) is 13.3. The van der Waals surface area contributed by atoms with Gasteiger partial charge in [0.25, 0.3) is 5.91 Å². The van der Waals surface area contributed by atoms with Gasteiger partial charge in [-0.1, -0.05) is 47.7 Å². The van der Waals surface area contributed by atoms with Gasteiger partial charge in [0.05, 0.1) is 4.91 Å². The molecule has 2 amide bonds. The molecule has 27 heavy (non-hydrogen) atoms. The van der Waals surface area contributed by atoms with Gasteiger partial charge in [-0.3, -0.25) is 14.5 Å². The summed E-state index contributed by atoms with van der Waals surface area (Å²) < 4.78 is 0.428. The Morgan fingerprint density at radius 3 is 2.52 bits per heavy atom. The number of aromatic hydroxyl groups is 1. The second kappa shape index (κ2) is 8.56. The summed E-state index contributed by atoms with van der Waals surface area (Å²) in [6.45, 7) is 0.201. The van der Waals surface area contributed by atoms with E-state index in [1.54, 1.807) is 30.3 Å². The van der Waals surface area contributed by atoms with E-state index in [9.17, 15) is 14.7 Å². The number of phenolic OH excluding ortho intramolecular Hbond substituents is 1. The highest BCUT2D eigenvalue weighted by Crippen LogP contribution is 2.32. The van der Waals surface area contributed by atoms with Gasteiger partial charge in [0.15, 0.2) is 0 Å². The molecule has 1 fully saturated rings. The Hall–Kier alpha value is -2.35. The molecule has 2 aromatic rings. The Labute approximate surface area is 171 Å². The van der Waals surface area contributed by atoms with E-state index in [1.165, 1.54) is 28.8 Å². The predicted octanol–water partition coefficient (Wildman–Crippen LogP) is 4.28. The first kappa shape index (κ1) is 19.4. The van der Waals surface area contributed by atoms with Crippen molar-refractivity contribution < 1.29 is 14.7 Å². The van der Waals surface area contributed by atoms with E-state index in [4.69, 9.17) is 23.8 Å². The zero-order valence-electron chi connectivity index (χ0n) is 14.0. The van der Waals surface area contributed by atoms with Crippen LogP contribution in [0.1, 0.15) is 12.0 Å². The van der Waals surface area contributed by atoms with Gasteiger partial charge >= 0.3 is 0 Å². The molecule has 138 valence electrons. The Morgan fingerprint density at radius 1 is 1.19 bits per heavy atom. The van der Waals surface area contributed by atoms with Gasteiger partial charge in [-0.2, -0.15) is 0 Å². The molecule has 0 spiro atoms. The first-order valence-corrected chi connectivity index (χ1v) is 9.62. The zero-order valence-corrected chi connectivity index (χ0v) is 16.4. The number of benzene rings is 2. The Bertz CT molecular complexity index is 912. The largest absolute Gasteiger partial charge is 0.508 e. The summed E-state index contributed by atoms with van der Waals surface area (Å²) in [5, 5.41) is 12.6. The Balaban J connectivity index is 1.59. The van der Waals surface area contributed by atoms with Crippen LogP contribution in [0.3, 0.4) is 0 Å². The number of hydrogen-bond acceptors (Lipinski definition) is 5. The molecular formula is C19H15ClN2O3S2. The highest BCUT2D eigenvalue weighted by molar-refractivity contribution is 8.26. The van der Waals surface area contributed by atoms with Gasteiger partial charge in [0.2, 0.25) is 5.91 Å². The van der Waals surface area contributed by atoms with E-state index in [1.807, 2.05) is 12.1 Å². The van der Waals surface area contributed by atoms with Crippen LogP contribution in [-0.4, -0.2) is 32.7 Å². The number of hydrogen-bond donors (Lipinski definition) is 2. The lowest BCUT2D eigenvalue weighted by Gasteiger charge is -2.14. The second-order valence-corrected chi connectivity index (χ2v) is 7.84. The molecule has 1 aliphatic heterocycles. The molecule has 2 N–H and O–H groups in total. The number of rotatable bonds is 5. The maximum Gasteiger partial charge on any atom is 0.266 e. The van der Waals surface area contributed by atoms with Crippen molar-refractivity contribution in [2.45, 2.75) is 6.42 Å². The van der Waals surface area contributed by atoms with Crippen LogP contribution >= 0.6 is 35.6 Å². The molecule has 3 rings (SSSR count). The fourth-order valence-corrected chi connectivity index (χ4v) is 3.82. The number of thioether (sulfide) groups is 1. The van der Waals surface area contributed by atoms with E-state index < -0.39 is 0 Å². The van der Waals surface area contributed by atoms with Crippen LogP contribution < -0.4 is 5.32 Å². The number of halogens is 1. The van der Waals surface area contributed by atoms with Gasteiger partial charge < -0.3 is 10.4 Å². The molecule has 0 unspecified atom stereocenters. The molecule has 1 heterocycles. The zero-order chi connectivity index (χ0) is 19.4. The monoisotopic (exact) mass is 418 g/mol. The Morgan fingerprint density at radius 2 is 1.85 bits per heavy atom. The van der Waals surface area contributed by atoms with Crippen molar-refractivity contribution >= 4 is 63.5 Å². The molecule has 0 bridgehead atoms. The normalized spacial score (nSPS) is 15.4. The van der Waals surface area contributed by atoms with Crippen molar-refractivity contribution in [3.8, 4) is 5.75 Å². The summed E-state index contributed by atoms with van der Waals surface area (Å²) in [5.41, 5.74) is 1.43. The lowest BCUT2D eigenvalue weighted by Crippen LogP contribution is -2.31. The number of thiocarbonyl (C=S) groups is 1. The van der Waals surface area contributed by atoms with Gasteiger partial charge in [0, 0.05) is 23.7 Å². The number of amides is 2. The van der Waals surface area contributed by atoms with Crippen LogP contribution in [0.25, 0.3) is 6.08 Å². The molecule has 1 aliphatic rings. The fraction of sp³-hybridized carbons (Fsp3) is 0.105. The van der Waals surface area contributed by atoms with E-state index in [0.29, 0.717) is 19.9 Å². The summed E-state index contributed by atoms with van der Waals surface area (Å²) in [7, 11) is 0. The molecule has 0 radical (unpaired) electrons. The topological polar surface area (TPSA) is 69.6 Å². The van der Waals surface area contributed by atoms with Crippen LogP contribution in [0, 0.1) is 0 Å². The third-order valence-corrected chi connectivity index (χ3v) is 5.38. The number of carbonyl (C=O) groups is 2. The van der Waals surface area contributed by atoms with Crippen molar-refractivity contribution in [1.82, 2.24) is 4.90 Å². The average Bonchev–Trinajstić information content (AvgIpc) is 2.90. The number of nitrogens with zero attached hydrogens (tertiary/aromatic N) is 1. The standard InChI is InChI=1S/C19H15ClN2O3S2/c20-13-3-1-12(2-4-13)11-16-18(25)22(19(26)27-16)10-9-17(24)21-14-5-7-15(23)8-6-14/h1-8,11,23H,9-10H2,(H,21,24). The van der Waals surface area contributed by atoms with Crippen LogP contribution in [0.15, 0.2) is 53.4 Å². The van der Waals surface area contributed by atoms with E-state index in [2.05, 4.69) is 5.32 Å². The minimum absolute atomic E-state index is 0.113. The van der Waals surface area contributed by atoms with E-state index >= 15 is 0 Å². The highest BCUT2D eigenvalue weighted by atomic mass is 35.5. The summed E-state index contributed by atoms with van der Waals surface area (Å²) in [6.07, 6.45) is 1.87. The van der Waals surface area contributed by atoms with Crippen LogP contribution in [0.5, 0.6) is 5.75 Å². The van der Waals surface area contributed by atoms with Crippen LogP contribution in [0.2, 0.25) is 5.02 Å². The third-order valence-electron chi connectivity index (χ3n) is 3.75. The smallest absolute Gasteiger partial charge is 0.266 e. The van der Waals surface area contributed by atoms with Crippen molar-refractivity contribution in [3.05, 3.63) is 64.0 Å². The van der Waals surface area contributed by atoms with E-state index in [0.717, 1.165) is 5.56 Å². The van der Waals surface area contributed by atoms with Crippen LogP contribution in [-0.2, 0) is 9.59 Å². The highest BCUT2D eigenvalue weighted by Gasteiger charge is 2.32. The molecule has 2 aromatic carbocycles. The summed E-state index contributed by atoms with van der Waals surface area (Å²) in [5.74, 6) is -0.327. The molecule has 8 heteroatoms. The number of phenols is 1. The van der Waals surface area contributed by atoms with Crippen molar-refractivity contribution in [1.29, 1.82) is 0 Å². The molecule has 5 nitrogen and oxygen atoms in total. The maximum atomic E-state index is 12.6. The van der Waals surface area contributed by atoms with E-state index in [-0.39, 0.29) is 30.5 Å². The minimum atomic E-state index is -0.239. The quantitative estimate of drug-likeness (QED) is 0.431. The van der Waals surface area contributed by atoms with Crippen molar-refractivity contribution in [2.24, 2.45) is 0 Å². The molecule has 0 aliphatic carbocycles. The number of carbonyl (C=O) groups excluding carboxylic acids is 2. The molecule has 1 saturated heterocycles. The summed E-state index contributed by atoms with van der Waals surface area (Å²) >= 11 is 12.4. The average molecular weight is 419 g/mol. The Kier molecular flexibility index (Phi) is 6.15. The number of nitrogens with one attached hydrogen (secondary N) is 1. The fourth-order valence-electron chi connectivity index (χ4n) is 2.38. The van der Waals surface area contributed by atoms with Crippen LogP contribution in [0.4, 0.5) is 5.69 Å². The predicted molar refractivity (Wildman–Crippen MR) is 113 cm³/mol. The SMILES string of the molecule is O=C(CCN1C(=O)C(=Cc2ccc(Cl)cc2)SC1=S)Nc1ccc(O)cc1. The van der Waals surface area contributed by atoms with Crippen molar-refractivity contribution in [3.63, 3.8) is 0 Å². The van der Waals surface area contributed by atoms with Crippen molar-refractivity contribution in [2.75, 3.05) is 11.9 Å². The molecule has 0 atom stereocenters. The number of anilines is 1.